The minimum Gasteiger partial charge on any atom is -0.346 e. The molecule has 0 spiro atoms. The summed E-state index contributed by atoms with van der Waals surface area (Å²) in [6.45, 7) is 3.40. The molecule has 1 amide bonds. The summed E-state index contributed by atoms with van der Waals surface area (Å²) >= 11 is 0. The van der Waals surface area contributed by atoms with Crippen LogP contribution in [0.3, 0.4) is 0 Å². The Balaban J connectivity index is 5.12. The second-order valence-corrected chi connectivity index (χ2v) is 7.28. The lowest BCUT2D eigenvalue weighted by Gasteiger charge is -2.33. The average Bonchev–Trinajstić information content (AvgIpc) is 2.30. The molecule has 0 aliphatic carbocycles. The van der Waals surface area contributed by atoms with Gasteiger partial charge in [0.1, 0.15) is 0 Å². The third kappa shape index (κ3) is 9.34. The third-order valence-electron chi connectivity index (χ3n) is 2.61. The Morgan fingerprint density at radius 2 is 1.48 bits per heavy atom. The van der Waals surface area contributed by atoms with Gasteiger partial charge < -0.3 is 24.9 Å². The van der Waals surface area contributed by atoms with Gasteiger partial charge in [0.15, 0.2) is 0 Å². The molecule has 126 valence electrons. The van der Waals surface area contributed by atoms with Crippen LogP contribution < -0.4 is 5.32 Å². The largest absolute Gasteiger partial charge is 0.469 e. The lowest BCUT2D eigenvalue weighted by atomic mass is 9.97. The van der Waals surface area contributed by atoms with E-state index in [-0.39, 0.29) is 6.42 Å². The number of phosphoric acid groups is 2. The van der Waals surface area contributed by atoms with E-state index in [4.69, 9.17) is 19.6 Å². The highest BCUT2D eigenvalue weighted by molar-refractivity contribution is 7.46. The zero-order valence-corrected chi connectivity index (χ0v) is 13.7. The molecule has 0 aromatic rings. The zero-order valence-electron chi connectivity index (χ0n) is 11.9. The highest BCUT2D eigenvalue weighted by Crippen LogP contribution is 2.40. The fourth-order valence-electron chi connectivity index (χ4n) is 1.23. The maximum atomic E-state index is 11.8. The summed E-state index contributed by atoms with van der Waals surface area (Å²) in [4.78, 5) is 46.7. The van der Waals surface area contributed by atoms with E-state index in [1.54, 1.807) is 20.8 Å². The molecule has 5 N–H and O–H groups in total. The number of rotatable bonds is 9. The zero-order chi connectivity index (χ0) is 16.9. The normalized spacial score (nSPS) is 13.5. The van der Waals surface area contributed by atoms with Gasteiger partial charge in [-0.1, -0.05) is 20.8 Å². The standard InChI is InChI=1S/C9H21NO9P2/c1-4-9(5-18-20(12,13)14,6-19-21(15,16)17)10-8(11)7(2)3/h7H,4-6H2,1-3H3,(H,10,11)(H2,12,13,14)(H2,15,16,17). The Labute approximate surface area is 122 Å². The molecule has 10 nitrogen and oxygen atoms in total. The number of carbonyl (C=O) groups excluding carboxylic acids is 1. The molecule has 0 heterocycles. The van der Waals surface area contributed by atoms with E-state index in [1.165, 1.54) is 0 Å². The molecule has 0 fully saturated rings. The van der Waals surface area contributed by atoms with Gasteiger partial charge in [0.25, 0.3) is 0 Å². The molecule has 0 aromatic carbocycles. The Morgan fingerprint density at radius 1 is 1.10 bits per heavy atom. The summed E-state index contributed by atoms with van der Waals surface area (Å²) in [7, 11) is -9.62. The van der Waals surface area contributed by atoms with Crippen LogP contribution in [0.4, 0.5) is 0 Å². The van der Waals surface area contributed by atoms with Crippen molar-refractivity contribution in [3.05, 3.63) is 0 Å². The number of carbonyl (C=O) groups is 1. The minimum atomic E-state index is -4.81. The Hall–Kier alpha value is -0.310. The Kier molecular flexibility index (Phi) is 7.69. The summed E-state index contributed by atoms with van der Waals surface area (Å²) < 4.78 is 30.3. The van der Waals surface area contributed by atoms with Crippen LogP contribution in [0.25, 0.3) is 0 Å². The summed E-state index contributed by atoms with van der Waals surface area (Å²) in [5.41, 5.74) is -1.47. The molecule has 0 aliphatic heterocycles. The molecule has 21 heavy (non-hydrogen) atoms. The van der Waals surface area contributed by atoms with Gasteiger partial charge in [-0.25, -0.2) is 9.13 Å². The predicted octanol–water partition coefficient (Wildman–Crippen LogP) is 0.126. The van der Waals surface area contributed by atoms with Crippen molar-refractivity contribution in [2.75, 3.05) is 13.2 Å². The molecule has 0 aliphatic rings. The first-order valence-electron chi connectivity index (χ1n) is 6.02. The quantitative estimate of drug-likeness (QED) is 0.364. The highest BCUT2D eigenvalue weighted by Gasteiger charge is 2.36. The van der Waals surface area contributed by atoms with E-state index >= 15 is 0 Å². The second kappa shape index (κ2) is 7.80. The molecule has 0 rings (SSSR count). The van der Waals surface area contributed by atoms with Crippen molar-refractivity contribution in [2.24, 2.45) is 5.92 Å². The molecular formula is C9H21NO9P2. The topological polar surface area (TPSA) is 163 Å². The van der Waals surface area contributed by atoms with Gasteiger partial charge >= 0.3 is 15.6 Å². The van der Waals surface area contributed by atoms with Crippen LogP contribution in [0.5, 0.6) is 0 Å². The Morgan fingerprint density at radius 3 is 1.71 bits per heavy atom. The molecule has 0 radical (unpaired) electrons. The summed E-state index contributed by atoms with van der Waals surface area (Å²) in [6, 6.07) is 0. The smallest absolute Gasteiger partial charge is 0.346 e. The molecule has 12 heteroatoms. The van der Waals surface area contributed by atoms with Gasteiger partial charge in [0, 0.05) is 5.92 Å². The number of hydrogen-bond donors (Lipinski definition) is 5. The predicted molar refractivity (Wildman–Crippen MR) is 72.0 cm³/mol. The molecule has 0 unspecified atom stereocenters. The van der Waals surface area contributed by atoms with Crippen LogP contribution in [0.2, 0.25) is 0 Å². The van der Waals surface area contributed by atoms with Crippen LogP contribution in [0.15, 0.2) is 0 Å². The first-order valence-corrected chi connectivity index (χ1v) is 9.08. The van der Waals surface area contributed by atoms with E-state index in [2.05, 4.69) is 14.4 Å². The van der Waals surface area contributed by atoms with Gasteiger partial charge in [-0.2, -0.15) is 0 Å². The van der Waals surface area contributed by atoms with Crippen LogP contribution in [0, 0.1) is 5.92 Å². The van der Waals surface area contributed by atoms with Gasteiger partial charge in [-0.05, 0) is 6.42 Å². The van der Waals surface area contributed by atoms with Crippen molar-refractivity contribution in [2.45, 2.75) is 32.7 Å². The first-order chi connectivity index (χ1) is 9.30. The van der Waals surface area contributed by atoms with Crippen molar-refractivity contribution in [3.63, 3.8) is 0 Å². The lowest BCUT2D eigenvalue weighted by molar-refractivity contribution is -0.127. The van der Waals surface area contributed by atoms with Crippen molar-refractivity contribution in [1.29, 1.82) is 0 Å². The van der Waals surface area contributed by atoms with Crippen LogP contribution >= 0.6 is 15.6 Å². The fourth-order valence-corrected chi connectivity index (χ4v) is 2.06. The summed E-state index contributed by atoms with van der Waals surface area (Å²) in [6.07, 6.45) is 0.0749. The molecule has 0 aromatic heterocycles. The van der Waals surface area contributed by atoms with Gasteiger partial charge in [-0.15, -0.1) is 0 Å². The van der Waals surface area contributed by atoms with Gasteiger partial charge in [0.05, 0.1) is 18.8 Å². The molecule has 0 bridgehead atoms. The van der Waals surface area contributed by atoms with E-state index in [9.17, 15) is 13.9 Å². The molecule has 0 atom stereocenters. The monoisotopic (exact) mass is 349 g/mol. The van der Waals surface area contributed by atoms with Crippen molar-refractivity contribution in [3.8, 4) is 0 Å². The molecular weight excluding hydrogens is 328 g/mol. The van der Waals surface area contributed by atoms with E-state index in [0.717, 1.165) is 0 Å². The van der Waals surface area contributed by atoms with Gasteiger partial charge in [0.2, 0.25) is 5.91 Å². The molecule has 0 saturated heterocycles. The average molecular weight is 349 g/mol. The third-order valence-corrected chi connectivity index (χ3v) is 3.54. The molecule has 0 saturated carbocycles. The Bertz CT molecular complexity index is 414. The summed E-state index contributed by atoms with van der Waals surface area (Å²) in [5, 5.41) is 2.45. The van der Waals surface area contributed by atoms with Crippen LogP contribution in [0.1, 0.15) is 27.2 Å². The van der Waals surface area contributed by atoms with E-state index < -0.39 is 46.2 Å². The highest BCUT2D eigenvalue weighted by atomic mass is 31.2. The maximum Gasteiger partial charge on any atom is 0.469 e. The van der Waals surface area contributed by atoms with Crippen molar-refractivity contribution >= 4 is 21.6 Å². The van der Waals surface area contributed by atoms with Crippen LogP contribution in [-0.4, -0.2) is 44.2 Å². The van der Waals surface area contributed by atoms with E-state index in [1.807, 2.05) is 0 Å². The minimum absolute atomic E-state index is 0.0749. The number of hydrogen-bond acceptors (Lipinski definition) is 5. The van der Waals surface area contributed by atoms with Gasteiger partial charge in [-0.3, -0.25) is 13.8 Å². The van der Waals surface area contributed by atoms with Crippen molar-refractivity contribution in [1.82, 2.24) is 5.32 Å². The SMILES string of the molecule is CCC(COP(=O)(O)O)(COP(=O)(O)O)NC(=O)C(C)C. The maximum absolute atomic E-state index is 11.8. The number of phosphoric ester groups is 2. The van der Waals surface area contributed by atoms with Crippen molar-refractivity contribution < 1.29 is 42.5 Å². The summed E-state index contributed by atoms with van der Waals surface area (Å²) in [5.74, 6) is -0.915. The number of amides is 1. The fraction of sp³-hybridized carbons (Fsp3) is 0.889. The lowest BCUT2D eigenvalue weighted by Crippen LogP contribution is -2.55. The van der Waals surface area contributed by atoms with Crippen LogP contribution in [-0.2, 0) is 23.0 Å². The first kappa shape index (κ1) is 20.7. The van der Waals surface area contributed by atoms with E-state index in [0.29, 0.717) is 0 Å². The number of nitrogens with one attached hydrogen (secondary N) is 1. The second-order valence-electron chi connectivity index (χ2n) is 4.81.